The number of nitrogens with zero attached hydrogens (tertiary/aromatic N) is 3. The summed E-state index contributed by atoms with van der Waals surface area (Å²) in [5.41, 5.74) is 0.884. The molecule has 2 heterocycles. The van der Waals surface area contributed by atoms with E-state index in [-0.39, 0.29) is 42.8 Å². The molecule has 2 aromatic rings. The van der Waals surface area contributed by atoms with Gasteiger partial charge < -0.3 is 0 Å². The molecule has 0 aromatic heterocycles. The quantitative estimate of drug-likeness (QED) is 0.670. The van der Waals surface area contributed by atoms with Crippen molar-refractivity contribution in [3.8, 4) is 0 Å². The van der Waals surface area contributed by atoms with Crippen LogP contribution in [0.15, 0.2) is 59.5 Å². The van der Waals surface area contributed by atoms with Gasteiger partial charge in [-0.25, -0.2) is 12.8 Å². The highest BCUT2D eigenvalue weighted by molar-refractivity contribution is 7.89. The lowest BCUT2D eigenvalue weighted by atomic mass is 10.2. The number of rotatable bonds is 5. The molecule has 7 nitrogen and oxygen atoms in total. The van der Waals surface area contributed by atoms with E-state index in [9.17, 15) is 22.4 Å². The summed E-state index contributed by atoms with van der Waals surface area (Å²) in [6, 6.07) is 13.5. The number of hydrogen-bond acceptors (Lipinski definition) is 5. The van der Waals surface area contributed by atoms with Gasteiger partial charge in [0.2, 0.25) is 21.8 Å². The van der Waals surface area contributed by atoms with Crippen molar-refractivity contribution in [3.05, 3.63) is 66.0 Å². The summed E-state index contributed by atoms with van der Waals surface area (Å²) in [4.78, 5) is 28.5. The molecule has 1 atom stereocenters. The second-order valence-corrected chi connectivity index (χ2v) is 9.36. The predicted molar refractivity (Wildman–Crippen MR) is 107 cm³/mol. The molecule has 2 amide bonds. The standard InChI is InChI=1S/C21H22FN3O4S/c22-17-6-8-18(9-7-17)30(28,29)24-12-10-23(11-13-24)19-14-20(26)25(21(19)27)15-16-4-2-1-3-5-16/h1-9,19H,10-15H2. The number of halogens is 1. The zero-order chi connectivity index (χ0) is 21.3. The maximum absolute atomic E-state index is 13.1. The Bertz CT molecular complexity index is 1040. The third-order valence-electron chi connectivity index (χ3n) is 5.57. The third-order valence-corrected chi connectivity index (χ3v) is 7.48. The first-order valence-corrected chi connectivity index (χ1v) is 11.2. The minimum Gasteiger partial charge on any atom is -0.289 e. The number of imide groups is 1. The van der Waals surface area contributed by atoms with Crippen LogP contribution in [0.25, 0.3) is 0 Å². The SMILES string of the molecule is O=C1CC(N2CCN(S(=O)(=O)c3ccc(F)cc3)CC2)C(=O)N1Cc1ccccc1. The fourth-order valence-corrected chi connectivity index (χ4v) is 5.32. The molecule has 0 aliphatic carbocycles. The molecular weight excluding hydrogens is 409 g/mol. The Balaban J connectivity index is 1.40. The van der Waals surface area contributed by atoms with E-state index in [4.69, 9.17) is 0 Å². The zero-order valence-corrected chi connectivity index (χ0v) is 17.1. The summed E-state index contributed by atoms with van der Waals surface area (Å²) in [6.45, 7) is 1.35. The molecule has 0 saturated carbocycles. The highest BCUT2D eigenvalue weighted by Gasteiger charge is 2.43. The third kappa shape index (κ3) is 4.00. The van der Waals surface area contributed by atoms with Crippen LogP contribution >= 0.6 is 0 Å². The molecule has 2 aliphatic rings. The Kier molecular flexibility index (Phi) is 5.68. The van der Waals surface area contributed by atoms with Gasteiger partial charge in [0, 0.05) is 26.2 Å². The number of sulfonamides is 1. The predicted octanol–water partition coefficient (Wildman–Crippen LogP) is 1.46. The van der Waals surface area contributed by atoms with E-state index in [1.54, 1.807) is 0 Å². The van der Waals surface area contributed by atoms with E-state index in [1.165, 1.54) is 21.3 Å². The van der Waals surface area contributed by atoms with Crippen molar-refractivity contribution in [3.63, 3.8) is 0 Å². The summed E-state index contributed by atoms with van der Waals surface area (Å²) in [6.07, 6.45) is 0.108. The number of benzene rings is 2. The van der Waals surface area contributed by atoms with Crippen molar-refractivity contribution in [2.75, 3.05) is 26.2 Å². The summed E-state index contributed by atoms with van der Waals surface area (Å²) >= 11 is 0. The largest absolute Gasteiger partial charge is 0.289 e. The molecule has 4 rings (SSSR count). The highest BCUT2D eigenvalue weighted by atomic mass is 32.2. The van der Waals surface area contributed by atoms with Crippen LogP contribution in [0, 0.1) is 5.82 Å². The number of likely N-dealkylation sites (tertiary alicyclic amines) is 1. The van der Waals surface area contributed by atoms with Gasteiger partial charge in [-0.2, -0.15) is 4.31 Å². The molecule has 0 bridgehead atoms. The Morgan fingerprint density at radius 1 is 0.900 bits per heavy atom. The van der Waals surface area contributed by atoms with E-state index in [2.05, 4.69) is 0 Å². The number of amides is 2. The van der Waals surface area contributed by atoms with Crippen LogP contribution < -0.4 is 0 Å². The van der Waals surface area contributed by atoms with Crippen LogP contribution in [-0.2, 0) is 26.2 Å². The fourth-order valence-electron chi connectivity index (χ4n) is 3.89. The van der Waals surface area contributed by atoms with Gasteiger partial charge in [-0.3, -0.25) is 19.4 Å². The first-order valence-electron chi connectivity index (χ1n) is 9.74. The molecule has 2 aromatic carbocycles. The second-order valence-electron chi connectivity index (χ2n) is 7.42. The van der Waals surface area contributed by atoms with Crippen molar-refractivity contribution in [2.24, 2.45) is 0 Å². The van der Waals surface area contributed by atoms with E-state index in [0.717, 1.165) is 17.7 Å². The Labute approximate surface area is 174 Å². The molecule has 2 fully saturated rings. The second kappa shape index (κ2) is 8.25. The maximum Gasteiger partial charge on any atom is 0.247 e. The number of hydrogen-bond donors (Lipinski definition) is 0. The van der Waals surface area contributed by atoms with Gasteiger partial charge in [0.05, 0.1) is 23.9 Å². The molecule has 0 N–H and O–H groups in total. The minimum absolute atomic E-state index is 0.0403. The first kappa shape index (κ1) is 20.6. The normalized spacial score (nSPS) is 21.4. The Hall–Kier alpha value is -2.62. The summed E-state index contributed by atoms with van der Waals surface area (Å²) in [5.74, 6) is -0.947. The van der Waals surface area contributed by atoms with Crippen molar-refractivity contribution < 1.29 is 22.4 Å². The molecule has 2 saturated heterocycles. The lowest BCUT2D eigenvalue weighted by Gasteiger charge is -2.36. The lowest BCUT2D eigenvalue weighted by molar-refractivity contribution is -0.140. The number of carbonyl (C=O) groups excluding carboxylic acids is 2. The van der Waals surface area contributed by atoms with Crippen LogP contribution in [0.1, 0.15) is 12.0 Å². The summed E-state index contributed by atoms with van der Waals surface area (Å²) in [7, 11) is -3.72. The molecule has 0 radical (unpaired) electrons. The van der Waals surface area contributed by atoms with Crippen molar-refractivity contribution >= 4 is 21.8 Å². The van der Waals surface area contributed by atoms with Gasteiger partial charge >= 0.3 is 0 Å². The number of carbonyl (C=O) groups is 2. The molecule has 158 valence electrons. The monoisotopic (exact) mass is 431 g/mol. The average Bonchev–Trinajstić information content (AvgIpc) is 3.03. The highest BCUT2D eigenvalue weighted by Crippen LogP contribution is 2.24. The lowest BCUT2D eigenvalue weighted by Crippen LogP contribution is -2.53. The first-order chi connectivity index (χ1) is 14.4. The summed E-state index contributed by atoms with van der Waals surface area (Å²) < 4.78 is 39.9. The van der Waals surface area contributed by atoms with Crippen LogP contribution in [-0.4, -0.2) is 66.6 Å². The molecule has 2 aliphatic heterocycles. The van der Waals surface area contributed by atoms with Gasteiger partial charge in [0.25, 0.3) is 0 Å². The van der Waals surface area contributed by atoms with Crippen LogP contribution in [0.4, 0.5) is 4.39 Å². The van der Waals surface area contributed by atoms with E-state index >= 15 is 0 Å². The molecule has 30 heavy (non-hydrogen) atoms. The van der Waals surface area contributed by atoms with Gasteiger partial charge in [0.15, 0.2) is 0 Å². The van der Waals surface area contributed by atoms with Crippen molar-refractivity contribution in [1.82, 2.24) is 14.1 Å². The van der Waals surface area contributed by atoms with Crippen LogP contribution in [0.5, 0.6) is 0 Å². The Morgan fingerprint density at radius 2 is 1.53 bits per heavy atom. The van der Waals surface area contributed by atoms with Crippen LogP contribution in [0.2, 0.25) is 0 Å². The molecule has 1 unspecified atom stereocenters. The molecule has 9 heteroatoms. The minimum atomic E-state index is -3.72. The molecule has 0 spiro atoms. The van der Waals surface area contributed by atoms with Gasteiger partial charge in [-0.1, -0.05) is 30.3 Å². The maximum atomic E-state index is 13.1. The Morgan fingerprint density at radius 3 is 2.17 bits per heavy atom. The van der Waals surface area contributed by atoms with Gasteiger partial charge in [-0.15, -0.1) is 0 Å². The molecular formula is C21H22FN3O4S. The summed E-state index contributed by atoms with van der Waals surface area (Å²) in [5, 5.41) is 0. The zero-order valence-electron chi connectivity index (χ0n) is 16.3. The van der Waals surface area contributed by atoms with Crippen LogP contribution in [0.3, 0.4) is 0 Å². The van der Waals surface area contributed by atoms with Crippen molar-refractivity contribution in [2.45, 2.75) is 23.9 Å². The number of piperazine rings is 1. The van der Waals surface area contributed by atoms with Gasteiger partial charge in [-0.05, 0) is 29.8 Å². The van der Waals surface area contributed by atoms with Crippen molar-refractivity contribution in [1.29, 1.82) is 0 Å². The fraction of sp³-hybridized carbons (Fsp3) is 0.333. The topological polar surface area (TPSA) is 78.0 Å². The van der Waals surface area contributed by atoms with E-state index < -0.39 is 21.9 Å². The smallest absolute Gasteiger partial charge is 0.247 e. The van der Waals surface area contributed by atoms with E-state index in [0.29, 0.717) is 13.1 Å². The average molecular weight is 431 g/mol. The van der Waals surface area contributed by atoms with Gasteiger partial charge in [0.1, 0.15) is 5.82 Å². The van der Waals surface area contributed by atoms with E-state index in [1.807, 2.05) is 35.2 Å².